The molecule has 0 amide bonds. The molecule has 1 aliphatic carbocycles. The average Bonchev–Trinajstić information content (AvgIpc) is 3.04. The highest BCUT2D eigenvalue weighted by atomic mass is 35.5. The van der Waals surface area contributed by atoms with Gasteiger partial charge in [0.1, 0.15) is 0 Å². The Balaban J connectivity index is 1.51. The average molecular weight is 556 g/mol. The SMILES string of the molecule is [2H]C([2H])(CC(F)F)N1CC(=Cc2ccc(C3=C(c4ccc(Cl)cc4Cl)CCCc4cc(C(=O)O)ccc43)cc2)C1. The van der Waals surface area contributed by atoms with Gasteiger partial charge in [-0.2, -0.15) is 0 Å². The predicted molar refractivity (Wildman–Crippen MR) is 150 cm³/mol. The number of carboxylic acid groups (broad SMARTS) is 1. The molecule has 7 heteroatoms. The molecule has 0 atom stereocenters. The van der Waals surface area contributed by atoms with Crippen molar-refractivity contribution in [2.75, 3.05) is 19.6 Å². The van der Waals surface area contributed by atoms with Crippen molar-refractivity contribution >= 4 is 46.4 Å². The van der Waals surface area contributed by atoms with Crippen LogP contribution in [-0.4, -0.2) is 42.0 Å². The van der Waals surface area contributed by atoms with Crippen LogP contribution in [0.4, 0.5) is 8.78 Å². The zero-order chi connectivity index (χ0) is 28.6. The Morgan fingerprint density at radius 1 is 1.03 bits per heavy atom. The monoisotopic (exact) mass is 555 g/mol. The Labute approximate surface area is 233 Å². The third-order valence-electron chi connectivity index (χ3n) is 6.88. The summed E-state index contributed by atoms with van der Waals surface area (Å²) in [5, 5.41) is 10.7. The van der Waals surface area contributed by atoms with Crippen LogP contribution in [0.2, 0.25) is 10.0 Å². The summed E-state index contributed by atoms with van der Waals surface area (Å²) >= 11 is 12.8. The normalized spacial score (nSPS) is 16.9. The lowest BCUT2D eigenvalue weighted by atomic mass is 9.87. The van der Waals surface area contributed by atoms with Gasteiger partial charge in [-0.15, -0.1) is 0 Å². The van der Waals surface area contributed by atoms with E-state index in [1.54, 1.807) is 18.2 Å². The molecule has 1 saturated heterocycles. The molecule has 196 valence electrons. The number of carboxylic acids is 1. The van der Waals surface area contributed by atoms with Crippen molar-refractivity contribution in [2.45, 2.75) is 32.1 Å². The third kappa shape index (κ3) is 5.85. The molecule has 0 aromatic heterocycles. The summed E-state index contributed by atoms with van der Waals surface area (Å²) in [7, 11) is 0. The summed E-state index contributed by atoms with van der Waals surface area (Å²) < 4.78 is 41.2. The van der Waals surface area contributed by atoms with E-state index in [4.69, 9.17) is 25.9 Å². The largest absolute Gasteiger partial charge is 0.478 e. The Morgan fingerprint density at radius 3 is 2.45 bits per heavy atom. The van der Waals surface area contributed by atoms with E-state index in [-0.39, 0.29) is 5.56 Å². The Bertz CT molecular complexity index is 1510. The standard InChI is InChI=1S/C31H27Cl2F2NO2/c32-24-9-11-26(28(33)16-24)27-3-1-2-22-15-23(31(37)38)8-10-25(22)30(27)21-6-4-19(5-7-21)14-20-17-36(18-20)13-12-29(34)35/h4-11,14-16,29H,1-3,12-13,17-18H2,(H,37,38)/i13D2. The number of nitrogens with zero attached hydrogens (tertiary/aromatic N) is 1. The predicted octanol–water partition coefficient (Wildman–Crippen LogP) is 8.34. The van der Waals surface area contributed by atoms with E-state index in [1.165, 1.54) is 4.90 Å². The molecule has 1 N–H and O–H groups in total. The first-order valence-corrected chi connectivity index (χ1v) is 13.2. The first-order chi connectivity index (χ1) is 19.0. The van der Waals surface area contributed by atoms with E-state index in [0.717, 1.165) is 63.8 Å². The lowest BCUT2D eigenvalue weighted by molar-refractivity contribution is 0.0696. The van der Waals surface area contributed by atoms with Gasteiger partial charge in [0.15, 0.2) is 0 Å². The zero-order valence-electron chi connectivity index (χ0n) is 22.5. The molecule has 0 saturated carbocycles. The van der Waals surface area contributed by atoms with E-state index in [2.05, 4.69) is 0 Å². The van der Waals surface area contributed by atoms with Crippen LogP contribution in [0.15, 0.2) is 66.2 Å². The number of hydrogen-bond acceptors (Lipinski definition) is 2. The maximum absolute atomic E-state index is 12.7. The number of likely N-dealkylation sites (tertiary alicyclic amines) is 1. The maximum atomic E-state index is 12.7. The fourth-order valence-corrected chi connectivity index (χ4v) is 5.60. The van der Waals surface area contributed by atoms with Gasteiger partial charge in [0.2, 0.25) is 6.43 Å². The number of alkyl halides is 2. The van der Waals surface area contributed by atoms with E-state index in [9.17, 15) is 18.7 Å². The van der Waals surface area contributed by atoms with Crippen molar-refractivity contribution in [1.29, 1.82) is 0 Å². The summed E-state index contributed by atoms with van der Waals surface area (Å²) in [6.45, 7) is -1.41. The molecule has 0 bridgehead atoms. The first kappa shape index (κ1) is 24.1. The highest BCUT2D eigenvalue weighted by Crippen LogP contribution is 2.42. The highest BCUT2D eigenvalue weighted by molar-refractivity contribution is 6.36. The van der Waals surface area contributed by atoms with Crippen molar-refractivity contribution in [3.8, 4) is 0 Å². The third-order valence-corrected chi connectivity index (χ3v) is 7.43. The van der Waals surface area contributed by atoms with Gasteiger partial charge in [-0.25, -0.2) is 13.6 Å². The minimum absolute atomic E-state index is 0.250. The van der Waals surface area contributed by atoms with Gasteiger partial charge < -0.3 is 5.11 Å². The van der Waals surface area contributed by atoms with Crippen molar-refractivity contribution in [3.63, 3.8) is 0 Å². The van der Waals surface area contributed by atoms with Gasteiger partial charge >= 0.3 is 5.97 Å². The maximum Gasteiger partial charge on any atom is 0.335 e. The fraction of sp³-hybridized carbons (Fsp3) is 0.258. The fourth-order valence-electron chi connectivity index (χ4n) is 5.08. The Hall–Kier alpha value is -2.99. The van der Waals surface area contributed by atoms with E-state index >= 15 is 0 Å². The molecule has 1 fully saturated rings. The molecule has 2 aliphatic rings. The van der Waals surface area contributed by atoms with Crippen LogP contribution in [0.25, 0.3) is 17.2 Å². The Kier molecular flexibility index (Phi) is 7.22. The molecule has 1 heterocycles. The number of halogens is 4. The van der Waals surface area contributed by atoms with Crippen LogP contribution in [0, 0.1) is 0 Å². The number of carbonyl (C=O) groups is 1. The van der Waals surface area contributed by atoms with Crippen LogP contribution in [0.3, 0.4) is 0 Å². The number of hydrogen-bond donors (Lipinski definition) is 1. The smallest absolute Gasteiger partial charge is 0.335 e. The van der Waals surface area contributed by atoms with Crippen LogP contribution < -0.4 is 0 Å². The van der Waals surface area contributed by atoms with Gasteiger partial charge in [0.25, 0.3) is 0 Å². The minimum atomic E-state index is -2.69. The molecule has 0 radical (unpaired) electrons. The van der Waals surface area contributed by atoms with E-state index in [1.807, 2.05) is 48.5 Å². The summed E-state index contributed by atoms with van der Waals surface area (Å²) in [5.41, 5.74) is 7.97. The molecular formula is C31H27Cl2F2NO2. The second kappa shape index (κ2) is 11.4. The van der Waals surface area contributed by atoms with Gasteiger partial charge in [-0.3, -0.25) is 4.90 Å². The van der Waals surface area contributed by atoms with Crippen molar-refractivity contribution < 1.29 is 21.4 Å². The molecule has 0 spiro atoms. The minimum Gasteiger partial charge on any atom is -0.478 e. The second-order valence-corrected chi connectivity index (χ2v) is 10.4. The first-order valence-electron chi connectivity index (χ1n) is 13.4. The van der Waals surface area contributed by atoms with Crippen LogP contribution in [-0.2, 0) is 6.42 Å². The lowest BCUT2D eigenvalue weighted by Crippen LogP contribution is -2.40. The molecule has 3 aromatic rings. The van der Waals surface area contributed by atoms with E-state index in [0.29, 0.717) is 23.1 Å². The van der Waals surface area contributed by atoms with Gasteiger partial charge in [0, 0.05) is 38.8 Å². The van der Waals surface area contributed by atoms with Gasteiger partial charge in [0.05, 0.1) is 5.56 Å². The number of aromatic carboxylic acids is 1. The van der Waals surface area contributed by atoms with Gasteiger partial charge in [-0.05, 0) is 88.1 Å². The van der Waals surface area contributed by atoms with Crippen molar-refractivity contribution in [3.05, 3.63) is 110 Å². The quantitative estimate of drug-likeness (QED) is 0.318. The molecule has 3 aromatic carbocycles. The molecule has 0 unspecified atom stereocenters. The van der Waals surface area contributed by atoms with Crippen LogP contribution >= 0.6 is 23.2 Å². The molecule has 3 nitrogen and oxygen atoms in total. The summed E-state index contributed by atoms with van der Waals surface area (Å²) in [6.07, 6.45) is 0.768. The number of fused-ring (bicyclic) bond motifs is 1. The van der Waals surface area contributed by atoms with Crippen LogP contribution in [0.1, 0.15) is 60.2 Å². The number of allylic oxidation sites excluding steroid dienone is 1. The second-order valence-electron chi connectivity index (χ2n) is 9.54. The molecular weight excluding hydrogens is 527 g/mol. The number of benzene rings is 3. The number of aryl methyl sites for hydroxylation is 1. The lowest BCUT2D eigenvalue weighted by Gasteiger charge is -2.34. The summed E-state index contributed by atoms with van der Waals surface area (Å²) in [6, 6.07) is 18.7. The van der Waals surface area contributed by atoms with Crippen molar-refractivity contribution in [2.24, 2.45) is 0 Å². The van der Waals surface area contributed by atoms with Gasteiger partial charge in [-0.1, -0.05) is 65.7 Å². The topological polar surface area (TPSA) is 40.5 Å². The molecule has 5 rings (SSSR count). The number of rotatable bonds is 7. The zero-order valence-corrected chi connectivity index (χ0v) is 22.0. The van der Waals surface area contributed by atoms with Crippen LogP contribution in [0.5, 0.6) is 0 Å². The molecule has 1 aliphatic heterocycles. The summed E-state index contributed by atoms with van der Waals surface area (Å²) in [5.74, 6) is -0.965. The Morgan fingerprint density at radius 2 is 1.76 bits per heavy atom. The summed E-state index contributed by atoms with van der Waals surface area (Å²) in [4.78, 5) is 13.1. The molecule has 38 heavy (non-hydrogen) atoms. The highest BCUT2D eigenvalue weighted by Gasteiger charge is 2.23. The van der Waals surface area contributed by atoms with Crippen molar-refractivity contribution in [1.82, 2.24) is 4.90 Å². The van der Waals surface area contributed by atoms with E-state index < -0.39 is 25.3 Å².